The average molecular weight is 204 g/mol. The van der Waals surface area contributed by atoms with E-state index in [9.17, 15) is 9.50 Å². The largest absolute Gasteiger partial charge is 0.215 e. The van der Waals surface area contributed by atoms with Crippen molar-refractivity contribution in [2.75, 3.05) is 0 Å². The van der Waals surface area contributed by atoms with Crippen LogP contribution in [0.4, 0.5) is 4.39 Å². The molecule has 0 N–H and O–H groups in total. The average Bonchev–Trinajstić information content (AvgIpc) is 1.88. The number of halogens is 2. The molecule has 0 aliphatic rings. The Bertz CT molecular complexity index is 225. The Morgan fingerprint density at radius 2 is 2.20 bits per heavy atom. The van der Waals surface area contributed by atoms with E-state index in [1.807, 2.05) is 0 Å². The van der Waals surface area contributed by atoms with Gasteiger partial charge in [-0.1, -0.05) is 12.1 Å². The van der Waals surface area contributed by atoms with Gasteiger partial charge in [-0.2, -0.15) is 0 Å². The third kappa shape index (κ3) is 1.78. The van der Waals surface area contributed by atoms with E-state index in [2.05, 4.69) is 15.9 Å². The minimum atomic E-state index is -1.02. The van der Waals surface area contributed by atoms with Gasteiger partial charge < -0.3 is 0 Å². The van der Waals surface area contributed by atoms with Crippen LogP contribution in [0, 0.1) is 5.82 Å². The molecule has 3 heteroatoms. The molecular weight excluding hydrogens is 199 g/mol. The lowest BCUT2D eigenvalue weighted by Gasteiger charge is -1.98. The van der Waals surface area contributed by atoms with Crippen molar-refractivity contribution in [3.8, 4) is 0 Å². The fourth-order valence-electron chi connectivity index (χ4n) is 0.648. The molecule has 0 amide bonds. The van der Waals surface area contributed by atoms with Crippen LogP contribution in [0.25, 0.3) is 0 Å². The molecule has 0 aliphatic carbocycles. The van der Waals surface area contributed by atoms with Crippen LogP contribution < -0.4 is 0 Å². The maximum Gasteiger partial charge on any atom is 0.172 e. The molecule has 1 rings (SSSR count). The van der Waals surface area contributed by atoms with Gasteiger partial charge in [0.1, 0.15) is 5.82 Å². The monoisotopic (exact) mass is 203 g/mol. The van der Waals surface area contributed by atoms with Crippen LogP contribution in [0.2, 0.25) is 0 Å². The summed E-state index contributed by atoms with van der Waals surface area (Å²) in [5.41, 5.74) is 0.417. The quantitative estimate of drug-likeness (QED) is 0.626. The molecule has 1 aromatic carbocycles. The van der Waals surface area contributed by atoms with E-state index in [4.69, 9.17) is 0 Å². The van der Waals surface area contributed by atoms with Gasteiger partial charge in [0.2, 0.25) is 0 Å². The van der Waals surface area contributed by atoms with Crippen molar-refractivity contribution in [3.05, 3.63) is 35.6 Å². The van der Waals surface area contributed by atoms with Crippen molar-refractivity contribution in [1.82, 2.24) is 0 Å². The van der Waals surface area contributed by atoms with Crippen LogP contribution in [0.3, 0.4) is 0 Å². The molecule has 0 aromatic heterocycles. The molecule has 1 aromatic rings. The second kappa shape index (κ2) is 3.12. The lowest BCUT2D eigenvalue weighted by Crippen LogP contribution is -1.85. The molecule has 1 nitrogen and oxygen atoms in total. The Morgan fingerprint density at radius 1 is 1.50 bits per heavy atom. The Balaban J connectivity index is 2.96. The van der Waals surface area contributed by atoms with E-state index >= 15 is 0 Å². The number of alkyl halides is 1. The van der Waals surface area contributed by atoms with E-state index in [-0.39, 0.29) is 5.82 Å². The Kier molecular flexibility index (Phi) is 2.40. The molecule has 53 valence electrons. The first-order chi connectivity index (χ1) is 4.70. The maximum atomic E-state index is 12.4. The molecule has 0 saturated heterocycles. The second-order valence-electron chi connectivity index (χ2n) is 1.87. The molecule has 1 radical (unpaired) electrons. The van der Waals surface area contributed by atoms with E-state index in [0.29, 0.717) is 5.56 Å². The fourth-order valence-corrected chi connectivity index (χ4v) is 0.933. The minimum Gasteiger partial charge on any atom is -0.215 e. The highest BCUT2D eigenvalue weighted by Gasteiger charge is 2.03. The minimum absolute atomic E-state index is 0.377. The van der Waals surface area contributed by atoms with Crippen LogP contribution >= 0.6 is 15.9 Å². The predicted octanol–water partition coefficient (Wildman–Crippen LogP) is 2.65. The van der Waals surface area contributed by atoms with Gasteiger partial charge in [-0.15, -0.1) is 0 Å². The fraction of sp³-hybridized carbons (Fsp3) is 0.143. The normalized spacial score (nSPS) is 13.1. The van der Waals surface area contributed by atoms with Gasteiger partial charge in [0.15, 0.2) is 5.01 Å². The third-order valence-corrected chi connectivity index (χ3v) is 1.64. The SMILES string of the molecule is [O]C(Br)c1cccc(F)c1. The van der Waals surface area contributed by atoms with E-state index in [1.165, 1.54) is 18.2 Å². The van der Waals surface area contributed by atoms with Gasteiger partial charge in [-0.05, 0) is 33.6 Å². The zero-order valence-corrected chi connectivity index (χ0v) is 6.64. The van der Waals surface area contributed by atoms with Gasteiger partial charge in [0, 0.05) is 0 Å². The topological polar surface area (TPSA) is 19.9 Å². The number of benzene rings is 1. The van der Waals surface area contributed by atoms with Crippen LogP contribution in [-0.4, -0.2) is 0 Å². The van der Waals surface area contributed by atoms with Crippen LogP contribution in [0.5, 0.6) is 0 Å². The molecule has 0 heterocycles. The van der Waals surface area contributed by atoms with Gasteiger partial charge in [0.25, 0.3) is 0 Å². The lowest BCUT2D eigenvalue weighted by atomic mass is 10.2. The van der Waals surface area contributed by atoms with Crippen molar-refractivity contribution in [1.29, 1.82) is 0 Å². The summed E-state index contributed by atoms with van der Waals surface area (Å²) in [6, 6.07) is 5.61. The Morgan fingerprint density at radius 3 is 2.60 bits per heavy atom. The van der Waals surface area contributed by atoms with Gasteiger partial charge in [-0.3, -0.25) is 0 Å². The van der Waals surface area contributed by atoms with Crippen molar-refractivity contribution in [3.63, 3.8) is 0 Å². The smallest absolute Gasteiger partial charge is 0.172 e. The van der Waals surface area contributed by atoms with Crippen molar-refractivity contribution in [2.24, 2.45) is 0 Å². The summed E-state index contributed by atoms with van der Waals surface area (Å²) >= 11 is 2.79. The summed E-state index contributed by atoms with van der Waals surface area (Å²) in [6.07, 6.45) is 0. The van der Waals surface area contributed by atoms with Crippen molar-refractivity contribution < 1.29 is 9.50 Å². The predicted molar refractivity (Wildman–Crippen MR) is 38.8 cm³/mol. The molecule has 0 fully saturated rings. The van der Waals surface area contributed by atoms with Crippen molar-refractivity contribution >= 4 is 15.9 Å². The van der Waals surface area contributed by atoms with Crippen LogP contribution in [0.1, 0.15) is 10.6 Å². The van der Waals surface area contributed by atoms with E-state index < -0.39 is 5.01 Å². The highest BCUT2D eigenvalue weighted by Crippen LogP contribution is 2.19. The maximum absolute atomic E-state index is 12.4. The van der Waals surface area contributed by atoms with E-state index in [1.54, 1.807) is 6.07 Å². The summed E-state index contributed by atoms with van der Waals surface area (Å²) in [5.74, 6) is -0.377. The second-order valence-corrected chi connectivity index (χ2v) is 2.70. The summed E-state index contributed by atoms with van der Waals surface area (Å²) in [5, 5.41) is 9.61. The first-order valence-electron chi connectivity index (χ1n) is 2.75. The van der Waals surface area contributed by atoms with Gasteiger partial charge in [-0.25, -0.2) is 9.50 Å². The first-order valence-corrected chi connectivity index (χ1v) is 3.67. The summed E-state index contributed by atoms with van der Waals surface area (Å²) in [7, 11) is 0. The number of rotatable bonds is 1. The molecule has 0 aliphatic heterocycles. The van der Waals surface area contributed by atoms with E-state index in [0.717, 1.165) is 0 Å². The van der Waals surface area contributed by atoms with Crippen LogP contribution in [0.15, 0.2) is 24.3 Å². The molecule has 0 bridgehead atoms. The highest BCUT2D eigenvalue weighted by atomic mass is 79.9. The molecule has 0 saturated carbocycles. The zero-order chi connectivity index (χ0) is 7.56. The summed E-state index contributed by atoms with van der Waals surface area (Å²) < 4.78 is 12.4. The highest BCUT2D eigenvalue weighted by molar-refractivity contribution is 9.09. The van der Waals surface area contributed by atoms with Crippen molar-refractivity contribution in [2.45, 2.75) is 5.01 Å². The summed E-state index contributed by atoms with van der Waals surface area (Å²) in [4.78, 5) is 0. The number of hydrogen-bond donors (Lipinski definition) is 0. The zero-order valence-electron chi connectivity index (χ0n) is 5.05. The molecule has 1 atom stereocenters. The first kappa shape index (κ1) is 7.69. The summed E-state index contributed by atoms with van der Waals surface area (Å²) in [6.45, 7) is 0. The molecule has 10 heavy (non-hydrogen) atoms. The molecule has 1 unspecified atom stereocenters. The van der Waals surface area contributed by atoms with Gasteiger partial charge in [0.05, 0.1) is 0 Å². The Labute approximate surface area is 66.6 Å². The number of hydrogen-bond acceptors (Lipinski definition) is 0. The Hall–Kier alpha value is -0.410. The standard InChI is InChI=1S/C7H5BrFO/c8-7(10)5-2-1-3-6(9)4-5/h1-4,7H. The van der Waals surface area contributed by atoms with Crippen LogP contribution in [-0.2, 0) is 5.11 Å². The molecular formula is C7H5BrFO. The third-order valence-electron chi connectivity index (χ3n) is 1.11. The molecule has 0 spiro atoms. The van der Waals surface area contributed by atoms with Gasteiger partial charge >= 0.3 is 0 Å². The lowest BCUT2D eigenvalue weighted by molar-refractivity contribution is 0.173.